The molecule has 1 amide bonds. The summed E-state index contributed by atoms with van der Waals surface area (Å²) in [6.07, 6.45) is 0. The molecule has 110 valence electrons. The standard InChI is InChI=1S/C15H19N5O/c1-4-16-14-9-8-13(18-19-14)15(21)17-11-6-5-7-12(10-11)20(2)3/h5-10H,4H2,1-3H3,(H,16,19)(H,17,21). The fourth-order valence-electron chi connectivity index (χ4n) is 1.79. The zero-order valence-corrected chi connectivity index (χ0v) is 12.4. The van der Waals surface area contributed by atoms with Crippen LogP contribution in [0.25, 0.3) is 0 Å². The summed E-state index contributed by atoms with van der Waals surface area (Å²) in [5.74, 6) is 0.380. The van der Waals surface area contributed by atoms with Gasteiger partial charge in [0.05, 0.1) is 0 Å². The fraction of sp³-hybridized carbons (Fsp3) is 0.267. The molecule has 21 heavy (non-hydrogen) atoms. The lowest BCUT2D eigenvalue weighted by Gasteiger charge is -2.13. The van der Waals surface area contributed by atoms with Gasteiger partial charge in [0.25, 0.3) is 5.91 Å². The molecule has 6 heteroatoms. The molecule has 0 saturated carbocycles. The van der Waals surface area contributed by atoms with Gasteiger partial charge in [0.1, 0.15) is 5.82 Å². The molecular weight excluding hydrogens is 266 g/mol. The van der Waals surface area contributed by atoms with E-state index in [0.717, 1.165) is 17.9 Å². The van der Waals surface area contributed by atoms with Crippen LogP contribution in [0, 0.1) is 0 Å². The highest BCUT2D eigenvalue weighted by Gasteiger charge is 2.09. The molecule has 1 aromatic carbocycles. The van der Waals surface area contributed by atoms with Crippen LogP contribution in [0.1, 0.15) is 17.4 Å². The van der Waals surface area contributed by atoms with Crippen LogP contribution in [0.2, 0.25) is 0 Å². The maximum atomic E-state index is 12.1. The topological polar surface area (TPSA) is 70.2 Å². The predicted octanol–water partition coefficient (Wildman–Crippen LogP) is 2.23. The highest BCUT2D eigenvalue weighted by atomic mass is 16.1. The summed E-state index contributed by atoms with van der Waals surface area (Å²) in [4.78, 5) is 14.1. The first-order valence-electron chi connectivity index (χ1n) is 6.76. The first-order valence-corrected chi connectivity index (χ1v) is 6.76. The van der Waals surface area contributed by atoms with Crippen LogP contribution in [0.3, 0.4) is 0 Å². The van der Waals surface area contributed by atoms with E-state index in [9.17, 15) is 4.79 Å². The largest absolute Gasteiger partial charge is 0.378 e. The van der Waals surface area contributed by atoms with E-state index in [1.54, 1.807) is 12.1 Å². The Morgan fingerprint density at radius 3 is 2.62 bits per heavy atom. The van der Waals surface area contributed by atoms with Crippen molar-refractivity contribution in [2.24, 2.45) is 0 Å². The van der Waals surface area contributed by atoms with E-state index >= 15 is 0 Å². The third-order valence-corrected chi connectivity index (χ3v) is 2.88. The number of nitrogens with one attached hydrogen (secondary N) is 2. The summed E-state index contributed by atoms with van der Waals surface area (Å²) >= 11 is 0. The van der Waals surface area contributed by atoms with E-state index in [0.29, 0.717) is 5.82 Å². The Kier molecular flexibility index (Phi) is 4.71. The quantitative estimate of drug-likeness (QED) is 0.881. The lowest BCUT2D eigenvalue weighted by atomic mass is 10.2. The van der Waals surface area contributed by atoms with Crippen LogP contribution >= 0.6 is 0 Å². The van der Waals surface area contributed by atoms with Crippen molar-refractivity contribution in [1.29, 1.82) is 0 Å². The molecule has 0 atom stereocenters. The van der Waals surface area contributed by atoms with Crippen molar-refractivity contribution in [3.8, 4) is 0 Å². The molecule has 0 aliphatic heterocycles. The average molecular weight is 285 g/mol. The van der Waals surface area contributed by atoms with Crippen molar-refractivity contribution in [2.75, 3.05) is 36.2 Å². The second-order valence-corrected chi connectivity index (χ2v) is 4.73. The van der Waals surface area contributed by atoms with E-state index < -0.39 is 0 Å². The van der Waals surface area contributed by atoms with Gasteiger partial charge in [-0.2, -0.15) is 0 Å². The number of nitrogens with zero attached hydrogens (tertiary/aromatic N) is 3. The molecule has 6 nitrogen and oxygen atoms in total. The number of carbonyl (C=O) groups is 1. The van der Waals surface area contributed by atoms with Gasteiger partial charge >= 0.3 is 0 Å². The number of anilines is 3. The molecule has 0 unspecified atom stereocenters. The van der Waals surface area contributed by atoms with Crippen molar-refractivity contribution in [3.05, 3.63) is 42.1 Å². The van der Waals surface area contributed by atoms with Gasteiger partial charge < -0.3 is 15.5 Å². The normalized spacial score (nSPS) is 10.0. The second-order valence-electron chi connectivity index (χ2n) is 4.73. The molecule has 0 saturated heterocycles. The van der Waals surface area contributed by atoms with Crippen LogP contribution < -0.4 is 15.5 Å². The summed E-state index contributed by atoms with van der Waals surface area (Å²) in [5, 5.41) is 13.7. The Labute approximate surface area is 124 Å². The molecule has 0 bridgehead atoms. The van der Waals surface area contributed by atoms with Gasteiger partial charge in [0.15, 0.2) is 5.69 Å². The molecule has 0 fully saturated rings. The van der Waals surface area contributed by atoms with Crippen molar-refractivity contribution >= 4 is 23.1 Å². The van der Waals surface area contributed by atoms with E-state index in [2.05, 4.69) is 20.8 Å². The van der Waals surface area contributed by atoms with Crippen molar-refractivity contribution in [1.82, 2.24) is 10.2 Å². The molecule has 0 aliphatic rings. The predicted molar refractivity (Wildman–Crippen MR) is 84.9 cm³/mol. The monoisotopic (exact) mass is 285 g/mol. The van der Waals surface area contributed by atoms with Crippen LogP contribution in [0.15, 0.2) is 36.4 Å². The van der Waals surface area contributed by atoms with Gasteiger partial charge in [-0.15, -0.1) is 10.2 Å². The lowest BCUT2D eigenvalue weighted by molar-refractivity contribution is 0.102. The lowest BCUT2D eigenvalue weighted by Crippen LogP contribution is -2.15. The van der Waals surface area contributed by atoms with Crippen molar-refractivity contribution < 1.29 is 4.79 Å². The highest BCUT2D eigenvalue weighted by molar-refractivity contribution is 6.03. The second kappa shape index (κ2) is 6.69. The van der Waals surface area contributed by atoms with E-state index in [-0.39, 0.29) is 11.6 Å². The molecule has 1 heterocycles. The number of hydrogen-bond acceptors (Lipinski definition) is 5. The maximum absolute atomic E-state index is 12.1. The first kappa shape index (κ1) is 14.8. The Hall–Kier alpha value is -2.63. The Bertz CT molecular complexity index is 610. The molecule has 0 aliphatic carbocycles. The zero-order chi connectivity index (χ0) is 15.2. The summed E-state index contributed by atoms with van der Waals surface area (Å²) in [6, 6.07) is 11.0. The minimum Gasteiger partial charge on any atom is -0.378 e. The Morgan fingerprint density at radius 2 is 2.00 bits per heavy atom. The van der Waals surface area contributed by atoms with Gasteiger partial charge in [-0.05, 0) is 37.3 Å². The summed E-state index contributed by atoms with van der Waals surface area (Å²) in [7, 11) is 3.90. The molecular formula is C15H19N5O. The van der Waals surface area contributed by atoms with Gasteiger partial charge in [-0.1, -0.05) is 6.07 Å². The molecule has 0 spiro atoms. The smallest absolute Gasteiger partial charge is 0.276 e. The summed E-state index contributed by atoms with van der Waals surface area (Å²) in [6.45, 7) is 2.73. The highest BCUT2D eigenvalue weighted by Crippen LogP contribution is 2.17. The minimum atomic E-state index is -0.276. The van der Waals surface area contributed by atoms with Crippen LogP contribution in [-0.4, -0.2) is 36.7 Å². The van der Waals surface area contributed by atoms with Gasteiger partial charge in [-0.3, -0.25) is 4.79 Å². The number of carbonyl (C=O) groups excluding carboxylic acids is 1. The average Bonchev–Trinajstić information content (AvgIpc) is 2.48. The van der Waals surface area contributed by atoms with Gasteiger partial charge in [0, 0.05) is 32.0 Å². The van der Waals surface area contributed by atoms with Crippen molar-refractivity contribution in [3.63, 3.8) is 0 Å². The molecule has 1 aromatic heterocycles. The summed E-state index contributed by atoms with van der Waals surface area (Å²) < 4.78 is 0. The van der Waals surface area contributed by atoms with Gasteiger partial charge in [0.2, 0.25) is 0 Å². The van der Waals surface area contributed by atoms with Crippen LogP contribution in [0.4, 0.5) is 17.2 Å². The number of benzene rings is 1. The number of hydrogen-bond donors (Lipinski definition) is 2. The third-order valence-electron chi connectivity index (χ3n) is 2.88. The number of amides is 1. The van der Waals surface area contributed by atoms with E-state index in [4.69, 9.17) is 0 Å². The minimum absolute atomic E-state index is 0.276. The molecule has 2 N–H and O–H groups in total. The third kappa shape index (κ3) is 3.92. The van der Waals surface area contributed by atoms with E-state index in [1.807, 2.05) is 50.2 Å². The fourth-order valence-corrected chi connectivity index (χ4v) is 1.79. The Morgan fingerprint density at radius 1 is 1.19 bits per heavy atom. The van der Waals surface area contributed by atoms with Crippen LogP contribution in [-0.2, 0) is 0 Å². The number of aromatic nitrogens is 2. The number of rotatable bonds is 5. The van der Waals surface area contributed by atoms with Crippen molar-refractivity contribution in [2.45, 2.75) is 6.92 Å². The summed E-state index contributed by atoms with van der Waals surface area (Å²) in [5.41, 5.74) is 2.03. The SMILES string of the molecule is CCNc1ccc(C(=O)Nc2cccc(N(C)C)c2)nn1. The first-order chi connectivity index (χ1) is 10.1. The van der Waals surface area contributed by atoms with E-state index in [1.165, 1.54) is 0 Å². The zero-order valence-electron chi connectivity index (χ0n) is 12.4. The Balaban J connectivity index is 2.08. The molecule has 0 radical (unpaired) electrons. The van der Waals surface area contributed by atoms with Gasteiger partial charge in [-0.25, -0.2) is 0 Å². The van der Waals surface area contributed by atoms with Crippen LogP contribution in [0.5, 0.6) is 0 Å². The molecule has 2 rings (SSSR count). The maximum Gasteiger partial charge on any atom is 0.276 e. The molecule has 2 aromatic rings.